The monoisotopic (exact) mass is 469 g/mol. The number of allylic oxidation sites excluding steroid dienone is 5. The second-order valence-corrected chi connectivity index (χ2v) is 12.3. The van der Waals surface area contributed by atoms with Crippen molar-refractivity contribution in [2.45, 2.75) is 127 Å². The minimum atomic E-state index is 0.173. The summed E-state index contributed by atoms with van der Waals surface area (Å²) in [6, 6.07) is 0.441. The Balaban J connectivity index is 5.38. The van der Waals surface area contributed by atoms with Gasteiger partial charge in [0.1, 0.15) is 7.28 Å². The van der Waals surface area contributed by atoms with E-state index in [-0.39, 0.29) is 5.41 Å². The summed E-state index contributed by atoms with van der Waals surface area (Å²) < 4.78 is 0. The van der Waals surface area contributed by atoms with E-state index in [9.17, 15) is 0 Å². The predicted molar refractivity (Wildman–Crippen MR) is 160 cm³/mol. The second-order valence-electron chi connectivity index (χ2n) is 12.3. The van der Waals surface area contributed by atoms with Gasteiger partial charge in [-0.15, -0.1) is 0 Å². The third-order valence-electron chi connectivity index (χ3n) is 7.89. The van der Waals surface area contributed by atoms with Gasteiger partial charge in [-0.3, -0.25) is 4.90 Å². The standard InChI is InChI=1S/C32H60BN/c1-14-26(6)30(10)31(24(3)4)18-16-17-20-34(21-19-33-28(8)15-2)29(9)23-25(5)22-27(7)32(11,12)13/h16-17,23-24,26,28-29,33H,7,14-15,18-22H2,1-6,8-13H3/b17-16+,25-23-,31-30-/t26?,28-,29?/m1/s1. The van der Waals surface area contributed by atoms with Gasteiger partial charge in [-0.1, -0.05) is 128 Å². The fourth-order valence-electron chi connectivity index (χ4n) is 4.38. The van der Waals surface area contributed by atoms with Gasteiger partial charge in [-0.2, -0.15) is 0 Å². The van der Waals surface area contributed by atoms with Crippen molar-refractivity contribution in [1.29, 1.82) is 0 Å². The van der Waals surface area contributed by atoms with E-state index in [1.54, 1.807) is 11.1 Å². The molecule has 0 aromatic heterocycles. The van der Waals surface area contributed by atoms with Crippen LogP contribution < -0.4 is 0 Å². The third kappa shape index (κ3) is 13.2. The smallest absolute Gasteiger partial charge is 0.125 e. The normalized spacial score (nSPS) is 16.7. The molecule has 0 radical (unpaired) electrons. The van der Waals surface area contributed by atoms with Gasteiger partial charge in [-0.05, 0) is 63.8 Å². The lowest BCUT2D eigenvalue weighted by atomic mass is 9.61. The van der Waals surface area contributed by atoms with Crippen molar-refractivity contribution in [3.63, 3.8) is 0 Å². The molecule has 0 aliphatic carbocycles. The molecule has 196 valence electrons. The van der Waals surface area contributed by atoms with Gasteiger partial charge in [0.25, 0.3) is 0 Å². The van der Waals surface area contributed by atoms with Crippen LogP contribution in [0.25, 0.3) is 0 Å². The number of nitrogens with zero attached hydrogens (tertiary/aromatic N) is 1. The van der Waals surface area contributed by atoms with Crippen LogP contribution in [0.2, 0.25) is 12.1 Å². The fourth-order valence-corrected chi connectivity index (χ4v) is 4.38. The maximum Gasteiger partial charge on any atom is 0.125 e. The molecule has 0 aromatic rings. The Morgan fingerprint density at radius 3 is 2.09 bits per heavy atom. The van der Waals surface area contributed by atoms with Gasteiger partial charge >= 0.3 is 0 Å². The summed E-state index contributed by atoms with van der Waals surface area (Å²) in [6.45, 7) is 34.4. The van der Waals surface area contributed by atoms with Crippen LogP contribution in [0.4, 0.5) is 0 Å². The van der Waals surface area contributed by atoms with Gasteiger partial charge in [0, 0.05) is 12.6 Å². The highest BCUT2D eigenvalue weighted by Crippen LogP contribution is 2.29. The quantitative estimate of drug-likeness (QED) is 0.161. The first kappa shape index (κ1) is 33.0. The van der Waals surface area contributed by atoms with Crippen LogP contribution >= 0.6 is 0 Å². The second kappa shape index (κ2) is 16.6. The molecule has 1 nitrogen and oxygen atoms in total. The van der Waals surface area contributed by atoms with Crippen molar-refractivity contribution in [3.05, 3.63) is 47.1 Å². The molecule has 3 atom stereocenters. The molecular weight excluding hydrogens is 409 g/mol. The van der Waals surface area contributed by atoms with Crippen LogP contribution in [-0.2, 0) is 0 Å². The number of hydrogen-bond acceptors (Lipinski definition) is 1. The molecule has 0 saturated heterocycles. The Morgan fingerprint density at radius 2 is 1.59 bits per heavy atom. The van der Waals surface area contributed by atoms with Gasteiger partial charge in [0.15, 0.2) is 0 Å². The minimum Gasteiger partial charge on any atom is -0.294 e. The molecule has 0 rings (SSSR count). The fraction of sp³-hybridized carbons (Fsp3) is 0.750. The molecule has 0 aromatic carbocycles. The first-order valence-corrected chi connectivity index (χ1v) is 14.2. The van der Waals surface area contributed by atoms with Gasteiger partial charge < -0.3 is 0 Å². The zero-order valence-electron chi connectivity index (χ0n) is 25.4. The Bertz CT molecular complexity index is 674. The summed E-state index contributed by atoms with van der Waals surface area (Å²) in [5.74, 6) is 2.12. The summed E-state index contributed by atoms with van der Waals surface area (Å²) in [6.07, 6.45) is 13.2. The predicted octanol–water partition coefficient (Wildman–Crippen LogP) is 9.65. The minimum absolute atomic E-state index is 0.173. The molecule has 0 fully saturated rings. The van der Waals surface area contributed by atoms with Crippen LogP contribution in [-0.4, -0.2) is 31.3 Å². The van der Waals surface area contributed by atoms with Crippen LogP contribution in [0.1, 0.15) is 109 Å². The lowest BCUT2D eigenvalue weighted by molar-refractivity contribution is 0.280. The molecule has 34 heavy (non-hydrogen) atoms. The molecule has 0 saturated carbocycles. The summed E-state index contributed by atoms with van der Waals surface area (Å²) in [5, 5.41) is 0. The van der Waals surface area contributed by atoms with E-state index >= 15 is 0 Å². The van der Waals surface area contributed by atoms with Crippen LogP contribution in [0.15, 0.2) is 47.1 Å². The average Bonchev–Trinajstić information content (AvgIpc) is 2.75. The Labute approximate surface area is 216 Å². The molecule has 0 heterocycles. The van der Waals surface area contributed by atoms with E-state index in [1.807, 2.05) is 0 Å². The summed E-state index contributed by atoms with van der Waals surface area (Å²) >= 11 is 0. The lowest BCUT2D eigenvalue weighted by Gasteiger charge is -2.28. The summed E-state index contributed by atoms with van der Waals surface area (Å²) in [7, 11) is 1.32. The molecule has 0 aliphatic rings. The van der Waals surface area contributed by atoms with Crippen molar-refractivity contribution >= 4 is 7.28 Å². The third-order valence-corrected chi connectivity index (χ3v) is 7.89. The average molecular weight is 470 g/mol. The molecule has 2 heteroatoms. The van der Waals surface area contributed by atoms with E-state index in [0.29, 0.717) is 17.9 Å². The highest BCUT2D eigenvalue weighted by Gasteiger charge is 2.17. The maximum absolute atomic E-state index is 4.35. The zero-order valence-corrected chi connectivity index (χ0v) is 25.4. The molecule has 2 unspecified atom stereocenters. The van der Waals surface area contributed by atoms with Gasteiger partial charge in [0.2, 0.25) is 0 Å². The summed E-state index contributed by atoms with van der Waals surface area (Å²) in [4.78, 5) is 2.66. The van der Waals surface area contributed by atoms with E-state index in [1.165, 1.54) is 44.1 Å². The van der Waals surface area contributed by atoms with Crippen molar-refractivity contribution in [2.24, 2.45) is 17.3 Å². The van der Waals surface area contributed by atoms with E-state index < -0.39 is 0 Å². The highest BCUT2D eigenvalue weighted by molar-refractivity contribution is 6.37. The molecule has 0 bridgehead atoms. The van der Waals surface area contributed by atoms with Crippen LogP contribution in [0, 0.1) is 17.3 Å². The maximum atomic E-state index is 4.35. The highest BCUT2D eigenvalue weighted by atomic mass is 15.1. The van der Waals surface area contributed by atoms with Crippen LogP contribution in [0.5, 0.6) is 0 Å². The first-order chi connectivity index (χ1) is 15.7. The zero-order chi connectivity index (χ0) is 26.5. The molecule has 0 aliphatic heterocycles. The first-order valence-electron chi connectivity index (χ1n) is 14.2. The van der Waals surface area contributed by atoms with E-state index in [0.717, 1.165) is 25.2 Å². The molecular formula is C32H60BN. The van der Waals surface area contributed by atoms with Crippen molar-refractivity contribution in [3.8, 4) is 0 Å². The van der Waals surface area contributed by atoms with Crippen molar-refractivity contribution < 1.29 is 0 Å². The topological polar surface area (TPSA) is 3.24 Å². The van der Waals surface area contributed by atoms with E-state index in [2.05, 4.69) is 113 Å². The van der Waals surface area contributed by atoms with Gasteiger partial charge in [-0.25, -0.2) is 0 Å². The van der Waals surface area contributed by atoms with Gasteiger partial charge in [0.05, 0.1) is 0 Å². The molecule has 0 N–H and O–H groups in total. The Hall–Kier alpha value is -1.02. The van der Waals surface area contributed by atoms with Crippen LogP contribution in [0.3, 0.4) is 0 Å². The number of rotatable bonds is 16. The van der Waals surface area contributed by atoms with E-state index in [4.69, 9.17) is 0 Å². The lowest BCUT2D eigenvalue weighted by Crippen LogP contribution is -2.33. The van der Waals surface area contributed by atoms with Crippen molar-refractivity contribution in [2.75, 3.05) is 13.1 Å². The largest absolute Gasteiger partial charge is 0.294 e. The number of hydrogen-bond donors (Lipinski definition) is 0. The Morgan fingerprint density at radius 1 is 0.971 bits per heavy atom. The molecule has 0 spiro atoms. The SMILES string of the molecule is C=C(C/C(C)=C\C(C)N(C/C=C/C/C(=C(\C)C(C)CC)C(C)C)CCB[C@H](C)CC)C(C)(C)C. The summed E-state index contributed by atoms with van der Waals surface area (Å²) in [5.41, 5.74) is 6.15. The molecule has 0 amide bonds. The van der Waals surface area contributed by atoms with Crippen molar-refractivity contribution in [1.82, 2.24) is 4.90 Å². The Kier molecular flexibility index (Phi) is 16.1.